The molecule has 0 N–H and O–H groups in total. The number of fused-ring (bicyclic) bond motifs is 1. The number of aryl methyl sites for hydroxylation is 1. The first-order chi connectivity index (χ1) is 11.8. The summed E-state index contributed by atoms with van der Waals surface area (Å²) in [5.41, 5.74) is 5.72. The van der Waals surface area contributed by atoms with Gasteiger partial charge in [0.15, 0.2) is 0 Å². The predicted molar refractivity (Wildman–Crippen MR) is 104 cm³/mol. The predicted octanol–water partition coefficient (Wildman–Crippen LogP) is 6.02. The number of halogens is 1. The number of hydrogen-bond acceptors (Lipinski definition) is 1. The number of rotatable bonds is 3. The largest absolute Gasteiger partial charge is 0.296 e. The molecule has 3 aromatic carbocycles. The minimum Gasteiger partial charge on any atom is -0.296 e. The van der Waals surface area contributed by atoms with Crippen LogP contribution in [0.4, 0.5) is 0 Å². The number of nitrogens with zero attached hydrogens (tertiary/aromatic N) is 2. The van der Waals surface area contributed by atoms with Gasteiger partial charge >= 0.3 is 0 Å². The lowest BCUT2D eigenvalue weighted by Gasteiger charge is -2.11. The van der Waals surface area contributed by atoms with Gasteiger partial charge in [-0.1, -0.05) is 71.4 Å². The molecule has 0 radical (unpaired) electrons. The molecule has 4 rings (SSSR count). The molecule has 0 aliphatic heterocycles. The summed E-state index contributed by atoms with van der Waals surface area (Å²) >= 11 is 3.75. The molecule has 0 atom stereocenters. The molecule has 0 unspecified atom stereocenters. The third kappa shape index (κ3) is 2.55. The van der Waals surface area contributed by atoms with Crippen LogP contribution >= 0.6 is 15.9 Å². The van der Waals surface area contributed by atoms with Crippen molar-refractivity contribution < 1.29 is 0 Å². The molecule has 0 fully saturated rings. The van der Waals surface area contributed by atoms with Gasteiger partial charge in [-0.3, -0.25) is 4.57 Å². The van der Waals surface area contributed by atoms with E-state index in [1.165, 1.54) is 11.1 Å². The molecule has 0 bridgehead atoms. The minimum absolute atomic E-state index is 0.896. The third-order valence-corrected chi connectivity index (χ3v) is 4.90. The van der Waals surface area contributed by atoms with Gasteiger partial charge in [0.25, 0.3) is 0 Å². The Labute approximate surface area is 149 Å². The lowest BCUT2D eigenvalue weighted by atomic mass is 10.1. The molecule has 0 aliphatic rings. The van der Waals surface area contributed by atoms with E-state index in [2.05, 4.69) is 88.1 Å². The Bertz CT molecular complexity index is 1000. The van der Waals surface area contributed by atoms with E-state index in [1.54, 1.807) is 0 Å². The van der Waals surface area contributed by atoms with Gasteiger partial charge in [0.2, 0.25) is 0 Å². The number of benzene rings is 3. The van der Waals surface area contributed by atoms with Crippen LogP contribution in [-0.2, 0) is 6.42 Å². The van der Waals surface area contributed by atoms with Gasteiger partial charge in [0.05, 0.1) is 11.0 Å². The molecular weight excluding hydrogens is 360 g/mol. The molecule has 0 saturated carbocycles. The van der Waals surface area contributed by atoms with Crippen LogP contribution in [-0.4, -0.2) is 9.55 Å². The zero-order valence-electron chi connectivity index (χ0n) is 13.4. The number of para-hydroxylation sites is 2. The second kappa shape index (κ2) is 6.25. The Balaban J connectivity index is 1.88. The van der Waals surface area contributed by atoms with Gasteiger partial charge in [-0.25, -0.2) is 4.98 Å². The molecule has 1 aromatic heterocycles. The van der Waals surface area contributed by atoms with Crippen molar-refractivity contribution in [2.45, 2.75) is 13.3 Å². The first-order valence-corrected chi connectivity index (χ1v) is 8.89. The Morgan fingerprint density at radius 2 is 1.67 bits per heavy atom. The molecule has 1 heterocycles. The van der Waals surface area contributed by atoms with Gasteiger partial charge in [-0.15, -0.1) is 0 Å². The SMILES string of the molecule is CCc1nc2ccccc2n1-c1ccc(-c2ccccc2)c(Br)c1. The van der Waals surface area contributed by atoms with E-state index < -0.39 is 0 Å². The Morgan fingerprint density at radius 3 is 2.42 bits per heavy atom. The van der Waals surface area contributed by atoms with Crippen LogP contribution in [0, 0.1) is 0 Å². The molecule has 0 amide bonds. The van der Waals surface area contributed by atoms with Crippen LogP contribution in [0.15, 0.2) is 77.3 Å². The van der Waals surface area contributed by atoms with Crippen LogP contribution in [0.3, 0.4) is 0 Å². The van der Waals surface area contributed by atoms with Crippen molar-refractivity contribution in [2.24, 2.45) is 0 Å². The molecule has 2 nitrogen and oxygen atoms in total. The van der Waals surface area contributed by atoms with E-state index >= 15 is 0 Å². The van der Waals surface area contributed by atoms with E-state index in [-0.39, 0.29) is 0 Å². The fourth-order valence-electron chi connectivity index (χ4n) is 3.10. The normalized spacial score (nSPS) is 11.1. The maximum atomic E-state index is 4.77. The van der Waals surface area contributed by atoms with Crippen LogP contribution in [0.25, 0.3) is 27.8 Å². The summed E-state index contributed by atoms with van der Waals surface area (Å²) in [4.78, 5) is 4.77. The lowest BCUT2D eigenvalue weighted by Crippen LogP contribution is -2.00. The highest BCUT2D eigenvalue weighted by Gasteiger charge is 2.12. The second-order valence-corrected chi connectivity index (χ2v) is 6.59. The van der Waals surface area contributed by atoms with Gasteiger partial charge in [-0.2, -0.15) is 0 Å². The lowest BCUT2D eigenvalue weighted by molar-refractivity contribution is 0.908. The van der Waals surface area contributed by atoms with Crippen LogP contribution in [0.5, 0.6) is 0 Å². The van der Waals surface area contributed by atoms with E-state index in [0.717, 1.165) is 33.4 Å². The average Bonchev–Trinajstić information content (AvgIpc) is 3.01. The van der Waals surface area contributed by atoms with Crippen molar-refractivity contribution >= 4 is 27.0 Å². The van der Waals surface area contributed by atoms with E-state index in [4.69, 9.17) is 4.98 Å². The van der Waals surface area contributed by atoms with Crippen molar-refractivity contribution in [1.82, 2.24) is 9.55 Å². The zero-order valence-corrected chi connectivity index (χ0v) is 15.0. The van der Waals surface area contributed by atoms with Gasteiger partial charge in [0.1, 0.15) is 5.82 Å². The molecule has 4 aromatic rings. The summed E-state index contributed by atoms with van der Waals surface area (Å²) in [5, 5.41) is 0. The van der Waals surface area contributed by atoms with E-state index in [0.29, 0.717) is 0 Å². The fraction of sp³-hybridized carbons (Fsp3) is 0.0952. The molecule has 3 heteroatoms. The quantitative estimate of drug-likeness (QED) is 0.427. The van der Waals surface area contributed by atoms with Crippen LogP contribution in [0.2, 0.25) is 0 Å². The molecule has 0 spiro atoms. The molecular formula is C21H17BrN2. The first-order valence-electron chi connectivity index (χ1n) is 8.09. The highest BCUT2D eigenvalue weighted by molar-refractivity contribution is 9.10. The summed E-state index contributed by atoms with van der Waals surface area (Å²) in [7, 11) is 0. The summed E-state index contributed by atoms with van der Waals surface area (Å²) in [6.07, 6.45) is 0.896. The summed E-state index contributed by atoms with van der Waals surface area (Å²) < 4.78 is 3.33. The van der Waals surface area contributed by atoms with Crippen LogP contribution in [0.1, 0.15) is 12.7 Å². The zero-order chi connectivity index (χ0) is 16.5. The Hall–Kier alpha value is -2.39. The van der Waals surface area contributed by atoms with Crippen molar-refractivity contribution in [3.8, 4) is 16.8 Å². The van der Waals surface area contributed by atoms with Crippen LogP contribution < -0.4 is 0 Å². The van der Waals surface area contributed by atoms with Crippen molar-refractivity contribution in [1.29, 1.82) is 0 Å². The topological polar surface area (TPSA) is 17.8 Å². The molecule has 24 heavy (non-hydrogen) atoms. The second-order valence-electron chi connectivity index (χ2n) is 5.74. The summed E-state index contributed by atoms with van der Waals surface area (Å²) in [6.45, 7) is 2.14. The van der Waals surface area contributed by atoms with Gasteiger partial charge in [0, 0.05) is 16.6 Å². The summed E-state index contributed by atoms with van der Waals surface area (Å²) in [6, 6.07) is 25.2. The standard InChI is InChI=1S/C21H17BrN2/c1-2-21-23-19-10-6-7-11-20(19)24(21)16-12-13-17(18(22)14-16)15-8-4-3-5-9-15/h3-14H,2H2,1H3. The third-order valence-electron chi connectivity index (χ3n) is 4.24. The number of imidazole rings is 1. The maximum absolute atomic E-state index is 4.77. The molecule has 0 saturated heterocycles. The number of hydrogen-bond donors (Lipinski definition) is 0. The minimum atomic E-state index is 0.896. The van der Waals surface area contributed by atoms with Gasteiger partial charge in [-0.05, 0) is 35.4 Å². The molecule has 118 valence electrons. The monoisotopic (exact) mass is 376 g/mol. The Kier molecular flexibility index (Phi) is 3.95. The Morgan fingerprint density at radius 1 is 0.917 bits per heavy atom. The van der Waals surface area contributed by atoms with Crippen molar-refractivity contribution in [2.75, 3.05) is 0 Å². The fourth-order valence-corrected chi connectivity index (χ4v) is 3.69. The highest BCUT2D eigenvalue weighted by atomic mass is 79.9. The van der Waals surface area contributed by atoms with Crippen molar-refractivity contribution in [3.05, 3.63) is 83.1 Å². The average molecular weight is 377 g/mol. The van der Waals surface area contributed by atoms with Crippen molar-refractivity contribution in [3.63, 3.8) is 0 Å². The maximum Gasteiger partial charge on any atom is 0.114 e. The highest BCUT2D eigenvalue weighted by Crippen LogP contribution is 2.31. The van der Waals surface area contributed by atoms with E-state index in [9.17, 15) is 0 Å². The molecule has 0 aliphatic carbocycles. The first kappa shape index (κ1) is 15.2. The number of aromatic nitrogens is 2. The summed E-state index contributed by atoms with van der Waals surface area (Å²) in [5.74, 6) is 1.08. The van der Waals surface area contributed by atoms with Gasteiger partial charge < -0.3 is 0 Å². The van der Waals surface area contributed by atoms with E-state index in [1.807, 2.05) is 12.1 Å². The smallest absolute Gasteiger partial charge is 0.114 e.